The number of carbonyl (C=O) groups excluding carboxylic acids is 2. The average Bonchev–Trinajstić information content (AvgIpc) is 3.53. The largest absolute Gasteiger partial charge is 0.416 e. The summed E-state index contributed by atoms with van der Waals surface area (Å²) in [6, 6.07) is 8.40. The summed E-state index contributed by atoms with van der Waals surface area (Å²) in [6.07, 6.45) is 2.61. The van der Waals surface area contributed by atoms with Crippen LogP contribution in [0, 0.1) is 0 Å². The summed E-state index contributed by atoms with van der Waals surface area (Å²) >= 11 is 0. The molecule has 4 heterocycles. The van der Waals surface area contributed by atoms with Gasteiger partial charge in [-0.3, -0.25) is 9.59 Å². The molecule has 0 saturated carbocycles. The quantitative estimate of drug-likeness (QED) is 0.562. The van der Waals surface area contributed by atoms with Crippen LogP contribution in [0.25, 0.3) is 5.52 Å². The highest BCUT2D eigenvalue weighted by molar-refractivity contribution is 6.00. The predicted octanol–water partition coefficient (Wildman–Crippen LogP) is 4.61. The third-order valence-corrected chi connectivity index (χ3v) is 6.88. The van der Waals surface area contributed by atoms with E-state index in [2.05, 4.69) is 5.10 Å². The lowest BCUT2D eigenvalue weighted by Gasteiger charge is -2.32. The highest BCUT2D eigenvalue weighted by Gasteiger charge is 2.31. The fourth-order valence-electron chi connectivity index (χ4n) is 4.91. The van der Waals surface area contributed by atoms with Gasteiger partial charge in [-0.15, -0.1) is 0 Å². The van der Waals surface area contributed by atoms with Crippen molar-refractivity contribution >= 4 is 17.3 Å². The Kier molecular flexibility index (Phi) is 5.79. The number of amides is 2. The van der Waals surface area contributed by atoms with E-state index in [0.717, 1.165) is 62.0 Å². The number of hydrogen-bond acceptors (Lipinski definition) is 3. The summed E-state index contributed by atoms with van der Waals surface area (Å²) in [7, 11) is 0. The Labute approximate surface area is 195 Å². The Bertz CT molecular complexity index is 1210. The molecule has 2 saturated heterocycles. The smallest absolute Gasteiger partial charge is 0.339 e. The van der Waals surface area contributed by atoms with Gasteiger partial charge in [0.05, 0.1) is 22.8 Å². The van der Waals surface area contributed by atoms with E-state index in [0.29, 0.717) is 18.7 Å². The molecule has 34 heavy (non-hydrogen) atoms. The van der Waals surface area contributed by atoms with E-state index in [1.54, 1.807) is 15.6 Å². The summed E-state index contributed by atoms with van der Waals surface area (Å²) in [5.41, 5.74) is 2.00. The molecule has 3 aromatic rings. The number of carbonyl (C=O) groups is 2. The Morgan fingerprint density at radius 2 is 1.53 bits per heavy atom. The number of benzene rings is 1. The third-order valence-electron chi connectivity index (χ3n) is 6.88. The maximum absolute atomic E-state index is 12.9. The molecule has 2 aliphatic heterocycles. The van der Waals surface area contributed by atoms with Gasteiger partial charge in [0, 0.05) is 37.9 Å². The average molecular weight is 470 g/mol. The maximum atomic E-state index is 12.9. The number of pyridine rings is 1. The minimum atomic E-state index is -4.42. The molecule has 0 aliphatic carbocycles. The molecule has 2 fully saturated rings. The summed E-state index contributed by atoms with van der Waals surface area (Å²) in [4.78, 5) is 29.2. The van der Waals surface area contributed by atoms with Crippen LogP contribution >= 0.6 is 0 Å². The van der Waals surface area contributed by atoms with Crippen LogP contribution < -0.4 is 0 Å². The van der Waals surface area contributed by atoms with Crippen LogP contribution in [0.1, 0.15) is 63.4 Å². The van der Waals surface area contributed by atoms with E-state index < -0.39 is 11.7 Å². The van der Waals surface area contributed by atoms with Gasteiger partial charge in [-0.2, -0.15) is 18.3 Å². The van der Waals surface area contributed by atoms with E-state index in [4.69, 9.17) is 0 Å². The Balaban J connectivity index is 1.27. The minimum Gasteiger partial charge on any atom is -0.339 e. The molecule has 2 amide bonds. The topological polar surface area (TPSA) is 57.9 Å². The normalized spacial score (nSPS) is 17.5. The second-order valence-corrected chi connectivity index (χ2v) is 8.99. The van der Waals surface area contributed by atoms with Gasteiger partial charge in [0.15, 0.2) is 0 Å². The Morgan fingerprint density at radius 3 is 2.18 bits per heavy atom. The van der Waals surface area contributed by atoms with Crippen molar-refractivity contribution in [2.45, 2.75) is 37.8 Å². The predicted molar refractivity (Wildman–Crippen MR) is 120 cm³/mol. The molecule has 6 nitrogen and oxygen atoms in total. The van der Waals surface area contributed by atoms with Crippen molar-refractivity contribution in [2.24, 2.45) is 0 Å². The second kappa shape index (κ2) is 8.77. The van der Waals surface area contributed by atoms with Gasteiger partial charge in [-0.25, -0.2) is 4.52 Å². The van der Waals surface area contributed by atoms with Gasteiger partial charge < -0.3 is 9.80 Å². The number of nitrogens with zero attached hydrogens (tertiary/aromatic N) is 4. The number of fused-ring (bicyclic) bond motifs is 1. The molecule has 0 atom stereocenters. The van der Waals surface area contributed by atoms with Crippen molar-refractivity contribution in [3.05, 3.63) is 71.0 Å². The lowest BCUT2D eigenvalue weighted by molar-refractivity contribution is -0.137. The Hall–Kier alpha value is -3.36. The molecule has 0 radical (unpaired) electrons. The van der Waals surface area contributed by atoms with Crippen molar-refractivity contribution in [2.75, 3.05) is 26.2 Å². The molecule has 2 aromatic heterocycles. The number of aromatic nitrogens is 2. The van der Waals surface area contributed by atoms with E-state index in [1.807, 2.05) is 23.2 Å². The summed E-state index contributed by atoms with van der Waals surface area (Å²) in [5, 5.41) is 4.33. The second-order valence-electron chi connectivity index (χ2n) is 8.99. The number of halogens is 3. The molecule has 2 aliphatic rings. The minimum absolute atomic E-state index is 0.0154. The third kappa shape index (κ3) is 4.26. The zero-order chi connectivity index (χ0) is 23.9. The van der Waals surface area contributed by atoms with Crippen molar-refractivity contribution in [3.63, 3.8) is 0 Å². The molecule has 0 bridgehead atoms. The fraction of sp³-hybridized carbons (Fsp3) is 0.400. The summed E-state index contributed by atoms with van der Waals surface area (Å²) < 4.78 is 40.1. The van der Waals surface area contributed by atoms with Gasteiger partial charge >= 0.3 is 6.18 Å². The van der Waals surface area contributed by atoms with Crippen LogP contribution in [0.2, 0.25) is 0 Å². The molecular weight excluding hydrogens is 445 g/mol. The van der Waals surface area contributed by atoms with Gasteiger partial charge in [0.2, 0.25) is 0 Å². The van der Waals surface area contributed by atoms with Gasteiger partial charge in [-0.05, 0) is 73.6 Å². The number of hydrogen-bond donors (Lipinski definition) is 0. The first kappa shape index (κ1) is 22.4. The zero-order valence-corrected chi connectivity index (χ0v) is 18.6. The SMILES string of the molecule is O=C(c1ccc(C(F)(F)F)cc1)N1CCC(c2ccn3ncc(C(=O)N4CCCC4)c3c2)CC1. The molecule has 0 N–H and O–H groups in total. The van der Waals surface area contributed by atoms with E-state index in [-0.39, 0.29) is 23.3 Å². The summed E-state index contributed by atoms with van der Waals surface area (Å²) in [5.74, 6) is -0.00943. The highest BCUT2D eigenvalue weighted by Crippen LogP contribution is 2.32. The van der Waals surface area contributed by atoms with E-state index in [9.17, 15) is 22.8 Å². The number of likely N-dealkylation sites (tertiary alicyclic amines) is 2. The lowest BCUT2D eigenvalue weighted by Crippen LogP contribution is -2.38. The number of piperidine rings is 1. The van der Waals surface area contributed by atoms with Crippen molar-refractivity contribution < 1.29 is 22.8 Å². The lowest BCUT2D eigenvalue weighted by atomic mass is 9.89. The molecule has 5 rings (SSSR count). The summed E-state index contributed by atoms with van der Waals surface area (Å²) in [6.45, 7) is 2.60. The number of alkyl halides is 3. The van der Waals surface area contributed by atoms with Gasteiger partial charge in [0.1, 0.15) is 0 Å². The molecule has 0 unspecified atom stereocenters. The van der Waals surface area contributed by atoms with Crippen LogP contribution in [0.5, 0.6) is 0 Å². The molecule has 178 valence electrons. The Morgan fingerprint density at radius 1 is 0.882 bits per heavy atom. The fourth-order valence-corrected chi connectivity index (χ4v) is 4.91. The monoisotopic (exact) mass is 470 g/mol. The maximum Gasteiger partial charge on any atom is 0.416 e. The first-order chi connectivity index (χ1) is 16.3. The van der Waals surface area contributed by atoms with Crippen molar-refractivity contribution in [1.29, 1.82) is 0 Å². The van der Waals surface area contributed by atoms with Crippen LogP contribution in [0.3, 0.4) is 0 Å². The van der Waals surface area contributed by atoms with Gasteiger partial charge in [0.25, 0.3) is 11.8 Å². The first-order valence-electron chi connectivity index (χ1n) is 11.5. The highest BCUT2D eigenvalue weighted by atomic mass is 19.4. The molecule has 0 spiro atoms. The van der Waals surface area contributed by atoms with Gasteiger partial charge in [-0.1, -0.05) is 0 Å². The van der Waals surface area contributed by atoms with Crippen LogP contribution in [-0.2, 0) is 6.18 Å². The molecular formula is C25H25F3N4O2. The van der Waals surface area contributed by atoms with E-state index >= 15 is 0 Å². The van der Waals surface area contributed by atoms with Crippen LogP contribution in [0.15, 0.2) is 48.8 Å². The van der Waals surface area contributed by atoms with Crippen LogP contribution in [-0.4, -0.2) is 57.4 Å². The van der Waals surface area contributed by atoms with Crippen molar-refractivity contribution in [1.82, 2.24) is 19.4 Å². The van der Waals surface area contributed by atoms with Crippen molar-refractivity contribution in [3.8, 4) is 0 Å². The van der Waals surface area contributed by atoms with E-state index in [1.165, 1.54) is 12.1 Å². The zero-order valence-electron chi connectivity index (χ0n) is 18.6. The van der Waals surface area contributed by atoms with Crippen LogP contribution in [0.4, 0.5) is 13.2 Å². The number of rotatable bonds is 3. The molecule has 9 heteroatoms. The standard InChI is InChI=1S/C25H25F3N4O2/c26-25(27,28)20-5-3-18(4-6-20)23(33)31-12-7-17(8-13-31)19-9-14-32-22(15-19)21(16-29-32)24(34)30-10-1-2-11-30/h3-6,9,14-17H,1-2,7-8,10-13H2. The first-order valence-corrected chi connectivity index (χ1v) is 11.5. The molecule has 1 aromatic carbocycles.